The third-order valence-electron chi connectivity index (χ3n) is 5.84. The number of hydrogen-bond donors (Lipinski definition) is 2. The molecule has 2 aliphatic rings. The molecule has 1 aliphatic heterocycles. The summed E-state index contributed by atoms with van der Waals surface area (Å²) < 4.78 is 27.2. The molecule has 0 spiro atoms. The van der Waals surface area contributed by atoms with Crippen molar-refractivity contribution < 1.29 is 18.0 Å². The number of carbonyl (C=O) groups is 2. The third-order valence-corrected chi connectivity index (χ3v) is 6.65. The molecule has 0 unspecified atom stereocenters. The van der Waals surface area contributed by atoms with Crippen LogP contribution in [0.15, 0.2) is 41.2 Å². The van der Waals surface area contributed by atoms with Crippen LogP contribution in [0, 0.1) is 6.92 Å². The van der Waals surface area contributed by atoms with Gasteiger partial charge >= 0.3 is 0 Å². The highest BCUT2D eigenvalue weighted by atomic mass is 32.2. The second-order valence-electron chi connectivity index (χ2n) is 8.64. The van der Waals surface area contributed by atoms with Gasteiger partial charge in [-0.1, -0.05) is 29.8 Å². The molecule has 0 bridgehead atoms. The number of pyridine rings is 1. The summed E-state index contributed by atoms with van der Waals surface area (Å²) in [7, 11) is -3.39. The highest BCUT2D eigenvalue weighted by molar-refractivity contribution is 7.88. The number of aryl methyl sites for hydroxylation is 1. The second kappa shape index (κ2) is 8.18. The van der Waals surface area contributed by atoms with Crippen molar-refractivity contribution >= 4 is 21.8 Å². The first kappa shape index (κ1) is 22.2. The Morgan fingerprint density at radius 1 is 1.06 bits per heavy atom. The van der Waals surface area contributed by atoms with E-state index in [1.807, 2.05) is 31.2 Å². The number of nitrogens with zero attached hydrogens (tertiary/aromatic N) is 2. The molecule has 2 N–H and O–H groups in total. The molecule has 9 nitrogen and oxygen atoms in total. The average molecular weight is 459 g/mol. The SMILES string of the molecule is Cc1ccc(CNC(=O)c2ccc3n(c2=O)CCN(CC2(NS(C)(=O)=O)CC2)C3=O)cc1. The van der Waals surface area contributed by atoms with E-state index in [0.717, 1.165) is 17.4 Å². The van der Waals surface area contributed by atoms with E-state index in [2.05, 4.69) is 10.0 Å². The topological polar surface area (TPSA) is 118 Å². The van der Waals surface area contributed by atoms with E-state index in [-0.39, 0.29) is 36.8 Å². The Kier molecular flexibility index (Phi) is 5.68. The lowest BCUT2D eigenvalue weighted by atomic mass is 10.1. The van der Waals surface area contributed by atoms with Crippen LogP contribution in [0.4, 0.5) is 0 Å². The van der Waals surface area contributed by atoms with Crippen LogP contribution in [0.5, 0.6) is 0 Å². The normalized spacial score (nSPS) is 17.1. The van der Waals surface area contributed by atoms with Crippen molar-refractivity contribution in [1.82, 2.24) is 19.5 Å². The highest BCUT2D eigenvalue weighted by Gasteiger charge is 2.47. The number of rotatable bonds is 7. The van der Waals surface area contributed by atoms with Gasteiger partial charge in [0, 0.05) is 26.2 Å². The second-order valence-corrected chi connectivity index (χ2v) is 10.4. The van der Waals surface area contributed by atoms with Crippen molar-refractivity contribution in [3.63, 3.8) is 0 Å². The molecule has 1 aromatic heterocycles. The summed E-state index contributed by atoms with van der Waals surface area (Å²) >= 11 is 0. The lowest BCUT2D eigenvalue weighted by molar-refractivity contribution is 0.0678. The summed E-state index contributed by atoms with van der Waals surface area (Å²) in [4.78, 5) is 40.0. The van der Waals surface area contributed by atoms with Gasteiger partial charge in [0.2, 0.25) is 10.0 Å². The van der Waals surface area contributed by atoms with Crippen molar-refractivity contribution in [2.45, 2.75) is 38.4 Å². The van der Waals surface area contributed by atoms with Gasteiger partial charge in [0.15, 0.2) is 0 Å². The van der Waals surface area contributed by atoms with E-state index in [0.29, 0.717) is 19.4 Å². The fourth-order valence-corrected chi connectivity index (χ4v) is 5.04. The van der Waals surface area contributed by atoms with E-state index in [1.54, 1.807) is 4.90 Å². The largest absolute Gasteiger partial charge is 0.348 e. The maximum atomic E-state index is 12.9. The summed E-state index contributed by atoms with van der Waals surface area (Å²) in [5, 5.41) is 2.75. The summed E-state index contributed by atoms with van der Waals surface area (Å²) in [5.41, 5.74) is 1.09. The molecular formula is C22H26N4O5S. The van der Waals surface area contributed by atoms with Crippen molar-refractivity contribution in [2.24, 2.45) is 0 Å². The lowest BCUT2D eigenvalue weighted by Gasteiger charge is -2.32. The Morgan fingerprint density at radius 2 is 1.75 bits per heavy atom. The van der Waals surface area contributed by atoms with Gasteiger partial charge in [0.25, 0.3) is 17.4 Å². The van der Waals surface area contributed by atoms with Gasteiger partial charge in [-0.2, -0.15) is 0 Å². The molecular weight excluding hydrogens is 432 g/mol. The molecule has 1 aromatic carbocycles. The first-order valence-electron chi connectivity index (χ1n) is 10.4. The van der Waals surface area contributed by atoms with Crippen LogP contribution in [0.25, 0.3) is 0 Å². The summed E-state index contributed by atoms with van der Waals surface area (Å²) in [6.07, 6.45) is 2.43. The number of benzene rings is 1. The number of amides is 2. The molecule has 1 fully saturated rings. The molecule has 32 heavy (non-hydrogen) atoms. The van der Waals surface area contributed by atoms with Gasteiger partial charge < -0.3 is 14.8 Å². The monoisotopic (exact) mass is 458 g/mol. The van der Waals surface area contributed by atoms with Crippen LogP contribution in [0.2, 0.25) is 0 Å². The maximum Gasteiger partial charge on any atom is 0.270 e. The van der Waals surface area contributed by atoms with Gasteiger partial charge in [0.1, 0.15) is 11.3 Å². The van der Waals surface area contributed by atoms with E-state index < -0.39 is 27.0 Å². The molecule has 170 valence electrons. The zero-order valence-corrected chi connectivity index (χ0v) is 18.9. The van der Waals surface area contributed by atoms with E-state index in [4.69, 9.17) is 0 Å². The van der Waals surface area contributed by atoms with Crippen LogP contribution in [-0.4, -0.2) is 54.6 Å². The smallest absolute Gasteiger partial charge is 0.270 e. The standard InChI is InChI=1S/C22H26N4O5S/c1-15-3-5-16(6-4-15)13-23-19(27)17-7-8-18-21(29)25(11-12-26(18)20(17)28)14-22(9-10-22)24-32(2,30)31/h3-8,24H,9-14H2,1-2H3,(H,23,27). The number of fused-ring (bicyclic) bond motifs is 1. The molecule has 10 heteroatoms. The van der Waals surface area contributed by atoms with Gasteiger partial charge in [-0.15, -0.1) is 0 Å². The molecule has 2 heterocycles. The molecule has 0 radical (unpaired) electrons. The number of hydrogen-bond acceptors (Lipinski definition) is 5. The zero-order chi connectivity index (χ0) is 23.1. The minimum Gasteiger partial charge on any atom is -0.348 e. The zero-order valence-electron chi connectivity index (χ0n) is 18.1. The molecule has 2 aromatic rings. The average Bonchev–Trinajstić information content (AvgIpc) is 3.47. The number of aromatic nitrogens is 1. The van der Waals surface area contributed by atoms with Gasteiger partial charge in [-0.3, -0.25) is 14.4 Å². The molecule has 1 aliphatic carbocycles. The maximum absolute atomic E-state index is 12.9. The predicted octanol–water partition coefficient (Wildman–Crippen LogP) is 0.624. The summed E-state index contributed by atoms with van der Waals surface area (Å²) in [6, 6.07) is 10.6. The van der Waals surface area contributed by atoms with Crippen molar-refractivity contribution in [1.29, 1.82) is 0 Å². The van der Waals surface area contributed by atoms with Crippen LogP contribution in [0.3, 0.4) is 0 Å². The van der Waals surface area contributed by atoms with Crippen LogP contribution >= 0.6 is 0 Å². The van der Waals surface area contributed by atoms with E-state index in [9.17, 15) is 22.8 Å². The molecule has 4 rings (SSSR count). The third kappa shape index (κ3) is 4.76. The fraction of sp³-hybridized carbons (Fsp3) is 0.409. The Morgan fingerprint density at radius 3 is 2.38 bits per heavy atom. The fourth-order valence-electron chi connectivity index (χ4n) is 3.98. The van der Waals surface area contributed by atoms with E-state index in [1.165, 1.54) is 16.7 Å². The Hall–Kier alpha value is -2.98. The van der Waals surface area contributed by atoms with Crippen molar-refractivity contribution in [2.75, 3.05) is 19.3 Å². The quantitative estimate of drug-likeness (QED) is 0.631. The minimum atomic E-state index is -3.39. The highest BCUT2D eigenvalue weighted by Crippen LogP contribution is 2.37. The molecule has 0 atom stereocenters. The van der Waals surface area contributed by atoms with Crippen LogP contribution in [0.1, 0.15) is 44.8 Å². The van der Waals surface area contributed by atoms with Gasteiger partial charge in [-0.05, 0) is 37.5 Å². The van der Waals surface area contributed by atoms with Gasteiger partial charge in [-0.25, -0.2) is 13.1 Å². The molecule has 1 saturated carbocycles. The summed E-state index contributed by atoms with van der Waals surface area (Å²) in [6.45, 7) is 3.04. The Labute approximate surface area is 186 Å². The first-order chi connectivity index (χ1) is 15.1. The molecule has 0 saturated heterocycles. The van der Waals surface area contributed by atoms with Gasteiger partial charge in [0.05, 0.1) is 11.8 Å². The number of nitrogens with one attached hydrogen (secondary N) is 2. The van der Waals surface area contributed by atoms with Crippen LogP contribution in [-0.2, 0) is 23.1 Å². The van der Waals surface area contributed by atoms with Crippen molar-refractivity contribution in [3.8, 4) is 0 Å². The van der Waals surface area contributed by atoms with Crippen LogP contribution < -0.4 is 15.6 Å². The van der Waals surface area contributed by atoms with E-state index >= 15 is 0 Å². The Balaban J connectivity index is 1.47. The van der Waals surface area contributed by atoms with Crippen molar-refractivity contribution in [3.05, 3.63) is 69.1 Å². The molecule has 2 amide bonds. The first-order valence-corrected chi connectivity index (χ1v) is 12.3. The number of sulfonamides is 1. The lowest BCUT2D eigenvalue weighted by Crippen LogP contribution is -2.52. The minimum absolute atomic E-state index is 0.0143. The number of carbonyl (C=O) groups excluding carboxylic acids is 2. The predicted molar refractivity (Wildman–Crippen MR) is 119 cm³/mol. The summed E-state index contributed by atoms with van der Waals surface area (Å²) in [5.74, 6) is -0.837. The Bertz CT molecular complexity index is 1230.